The molecule has 0 unspecified atom stereocenters. The van der Waals surface area contributed by atoms with Gasteiger partial charge in [-0.2, -0.15) is 0 Å². The number of carboxylic acid groups (broad SMARTS) is 2. The molecule has 0 spiro atoms. The van der Waals surface area contributed by atoms with Gasteiger partial charge in [-0.3, -0.25) is 9.59 Å². The Labute approximate surface area is 154 Å². The van der Waals surface area contributed by atoms with Crippen molar-refractivity contribution in [3.8, 4) is 0 Å². The number of anilines is 1. The average molecular weight is 370 g/mol. The second-order valence-corrected chi connectivity index (χ2v) is 5.73. The van der Waals surface area contributed by atoms with E-state index in [0.717, 1.165) is 17.7 Å². The van der Waals surface area contributed by atoms with Crippen LogP contribution in [0.4, 0.5) is 5.69 Å². The maximum absolute atomic E-state index is 12.6. The Balaban J connectivity index is 2.55. The van der Waals surface area contributed by atoms with E-state index in [1.54, 1.807) is 31.2 Å². The van der Waals surface area contributed by atoms with Crippen LogP contribution in [-0.2, 0) is 0 Å². The molecule has 0 saturated heterocycles. The topological polar surface area (TPSA) is 133 Å². The summed E-state index contributed by atoms with van der Waals surface area (Å²) < 4.78 is 0. The molecule has 4 N–H and O–H groups in total. The van der Waals surface area contributed by atoms with Crippen LogP contribution in [-0.4, -0.2) is 40.5 Å². The van der Waals surface area contributed by atoms with Crippen LogP contribution < -0.4 is 10.6 Å². The fourth-order valence-corrected chi connectivity index (χ4v) is 2.42. The Morgan fingerprint density at radius 3 is 1.78 bits per heavy atom. The number of carboxylic acids is 2. The molecule has 2 aromatic rings. The zero-order valence-electron chi connectivity index (χ0n) is 14.7. The third-order valence-corrected chi connectivity index (χ3v) is 3.75. The highest BCUT2D eigenvalue weighted by atomic mass is 16.4. The first-order valence-corrected chi connectivity index (χ1v) is 8.05. The Kier molecular flexibility index (Phi) is 5.92. The molecule has 0 radical (unpaired) electrons. The average Bonchev–Trinajstić information content (AvgIpc) is 2.62. The van der Waals surface area contributed by atoms with Gasteiger partial charge in [0.25, 0.3) is 11.8 Å². The van der Waals surface area contributed by atoms with Crippen molar-refractivity contribution in [3.63, 3.8) is 0 Å². The molecule has 0 fully saturated rings. The fourth-order valence-electron chi connectivity index (χ4n) is 2.42. The van der Waals surface area contributed by atoms with E-state index in [1.165, 1.54) is 0 Å². The number of carbonyl (C=O) groups is 4. The number of carbonyl (C=O) groups excluding carboxylic acids is 2. The van der Waals surface area contributed by atoms with Gasteiger partial charge in [0.1, 0.15) is 0 Å². The second-order valence-electron chi connectivity index (χ2n) is 5.73. The summed E-state index contributed by atoms with van der Waals surface area (Å²) in [5, 5.41) is 23.7. The monoisotopic (exact) mass is 370 g/mol. The van der Waals surface area contributed by atoms with Crippen molar-refractivity contribution < 1.29 is 29.4 Å². The van der Waals surface area contributed by atoms with Gasteiger partial charge >= 0.3 is 11.9 Å². The van der Waals surface area contributed by atoms with Crippen LogP contribution in [0, 0.1) is 6.92 Å². The SMILES string of the molecule is CCNC(=O)c1cc(C(=O)Nc2ccc(C)cc2)c(C(=O)O)cc1C(=O)O. The molecule has 8 nitrogen and oxygen atoms in total. The molecule has 0 bridgehead atoms. The molecule has 0 atom stereocenters. The Hall–Kier alpha value is -3.68. The Morgan fingerprint density at radius 2 is 1.30 bits per heavy atom. The highest BCUT2D eigenvalue weighted by Crippen LogP contribution is 2.20. The number of aromatic carboxylic acids is 2. The van der Waals surface area contributed by atoms with Crippen LogP contribution in [0.1, 0.15) is 53.9 Å². The van der Waals surface area contributed by atoms with Crippen molar-refractivity contribution >= 4 is 29.4 Å². The molecule has 0 aliphatic rings. The van der Waals surface area contributed by atoms with E-state index in [4.69, 9.17) is 0 Å². The highest BCUT2D eigenvalue weighted by molar-refractivity contribution is 6.14. The molecule has 0 aliphatic heterocycles. The number of hydrogen-bond acceptors (Lipinski definition) is 4. The first kappa shape index (κ1) is 19.6. The first-order valence-electron chi connectivity index (χ1n) is 8.05. The van der Waals surface area contributed by atoms with E-state index >= 15 is 0 Å². The number of amides is 2. The van der Waals surface area contributed by atoms with E-state index in [9.17, 15) is 29.4 Å². The summed E-state index contributed by atoms with van der Waals surface area (Å²) in [6, 6.07) is 8.62. The molecule has 2 amide bonds. The summed E-state index contributed by atoms with van der Waals surface area (Å²) in [5.41, 5.74) is -0.194. The maximum atomic E-state index is 12.6. The van der Waals surface area contributed by atoms with Gasteiger partial charge in [0, 0.05) is 12.2 Å². The van der Waals surface area contributed by atoms with Gasteiger partial charge in [-0.05, 0) is 38.1 Å². The summed E-state index contributed by atoms with van der Waals surface area (Å²) >= 11 is 0. The molecular formula is C19H18N2O6. The highest BCUT2D eigenvalue weighted by Gasteiger charge is 2.25. The lowest BCUT2D eigenvalue weighted by molar-refractivity contribution is 0.0688. The van der Waals surface area contributed by atoms with Crippen LogP contribution in [0.2, 0.25) is 0 Å². The van der Waals surface area contributed by atoms with Crippen LogP contribution >= 0.6 is 0 Å². The molecule has 8 heteroatoms. The van der Waals surface area contributed by atoms with Gasteiger partial charge in [0.15, 0.2) is 0 Å². The van der Waals surface area contributed by atoms with Crippen molar-refractivity contribution in [1.82, 2.24) is 5.32 Å². The molecule has 0 aliphatic carbocycles. The zero-order chi connectivity index (χ0) is 20.1. The van der Waals surface area contributed by atoms with Crippen molar-refractivity contribution in [3.05, 3.63) is 64.2 Å². The van der Waals surface area contributed by atoms with Gasteiger partial charge in [-0.25, -0.2) is 9.59 Å². The van der Waals surface area contributed by atoms with Gasteiger partial charge in [-0.1, -0.05) is 17.7 Å². The minimum atomic E-state index is -1.48. The van der Waals surface area contributed by atoms with E-state index in [1.807, 2.05) is 6.92 Å². The molecule has 0 aromatic heterocycles. The second kappa shape index (κ2) is 8.13. The summed E-state index contributed by atoms with van der Waals surface area (Å²) in [7, 11) is 0. The lowest BCUT2D eigenvalue weighted by Gasteiger charge is -2.13. The normalized spacial score (nSPS) is 10.1. The standard InChI is InChI=1S/C19H18N2O6/c1-3-20-16(22)12-8-13(15(19(26)27)9-14(12)18(24)25)17(23)21-11-6-4-10(2)5-7-11/h4-9H,3H2,1-2H3,(H,20,22)(H,21,23)(H,24,25)(H,26,27). The lowest BCUT2D eigenvalue weighted by atomic mass is 9.97. The lowest BCUT2D eigenvalue weighted by Crippen LogP contribution is -2.27. The third-order valence-electron chi connectivity index (χ3n) is 3.75. The van der Waals surface area contributed by atoms with Crippen LogP contribution in [0.5, 0.6) is 0 Å². The zero-order valence-corrected chi connectivity index (χ0v) is 14.7. The molecule has 140 valence electrons. The minimum Gasteiger partial charge on any atom is -0.478 e. The molecule has 2 rings (SSSR count). The van der Waals surface area contributed by atoms with E-state index < -0.39 is 34.9 Å². The van der Waals surface area contributed by atoms with Crippen molar-refractivity contribution in [2.45, 2.75) is 13.8 Å². The van der Waals surface area contributed by atoms with Gasteiger partial charge in [-0.15, -0.1) is 0 Å². The van der Waals surface area contributed by atoms with E-state index in [2.05, 4.69) is 10.6 Å². The van der Waals surface area contributed by atoms with E-state index in [0.29, 0.717) is 5.69 Å². The quantitative estimate of drug-likeness (QED) is 0.617. The first-order chi connectivity index (χ1) is 12.7. The largest absolute Gasteiger partial charge is 0.478 e. The molecule has 2 aromatic carbocycles. The molecule has 27 heavy (non-hydrogen) atoms. The van der Waals surface area contributed by atoms with E-state index in [-0.39, 0.29) is 17.7 Å². The molecular weight excluding hydrogens is 352 g/mol. The molecule has 0 saturated carbocycles. The Morgan fingerprint density at radius 1 is 0.815 bits per heavy atom. The number of hydrogen-bond donors (Lipinski definition) is 4. The summed E-state index contributed by atoms with van der Waals surface area (Å²) in [6.07, 6.45) is 0. The third kappa shape index (κ3) is 4.49. The van der Waals surface area contributed by atoms with Crippen LogP contribution in [0.15, 0.2) is 36.4 Å². The smallest absolute Gasteiger partial charge is 0.336 e. The van der Waals surface area contributed by atoms with Gasteiger partial charge < -0.3 is 20.8 Å². The number of rotatable bonds is 6. The van der Waals surface area contributed by atoms with Crippen LogP contribution in [0.25, 0.3) is 0 Å². The summed E-state index contributed by atoms with van der Waals surface area (Å²) in [4.78, 5) is 47.7. The predicted octanol–water partition coefficient (Wildman–Crippen LogP) is 2.39. The van der Waals surface area contributed by atoms with Crippen LogP contribution in [0.3, 0.4) is 0 Å². The van der Waals surface area contributed by atoms with Gasteiger partial charge in [0.05, 0.1) is 22.3 Å². The fraction of sp³-hybridized carbons (Fsp3) is 0.158. The van der Waals surface area contributed by atoms with Gasteiger partial charge in [0.2, 0.25) is 0 Å². The predicted molar refractivity (Wildman–Crippen MR) is 97.5 cm³/mol. The number of aryl methyl sites for hydroxylation is 1. The molecule has 0 heterocycles. The van der Waals surface area contributed by atoms with Crippen molar-refractivity contribution in [2.24, 2.45) is 0 Å². The summed E-state index contributed by atoms with van der Waals surface area (Å²) in [5.74, 6) is -4.42. The maximum Gasteiger partial charge on any atom is 0.336 e. The summed E-state index contributed by atoms with van der Waals surface area (Å²) in [6.45, 7) is 3.76. The minimum absolute atomic E-state index is 0.240. The van der Waals surface area contributed by atoms with Crippen molar-refractivity contribution in [1.29, 1.82) is 0 Å². The van der Waals surface area contributed by atoms with Crippen molar-refractivity contribution in [2.75, 3.05) is 11.9 Å². The Bertz CT molecular complexity index is 919. The number of nitrogens with one attached hydrogen (secondary N) is 2. The number of benzene rings is 2.